The molecule has 3 aromatic rings. The number of carbonyl (C=O) groups is 2. The molecule has 2 amide bonds. The molecule has 0 saturated carbocycles. The summed E-state index contributed by atoms with van der Waals surface area (Å²) < 4.78 is 13.2. The molecular formula is C32H35N7O6S. The predicted molar refractivity (Wildman–Crippen MR) is 172 cm³/mol. The van der Waals surface area contributed by atoms with Gasteiger partial charge in [-0.25, -0.2) is 9.97 Å². The number of aromatic hydroxyl groups is 1. The molecular weight excluding hydrogens is 610 g/mol. The van der Waals surface area contributed by atoms with Crippen LogP contribution in [0, 0.1) is 11.3 Å². The van der Waals surface area contributed by atoms with Crippen molar-refractivity contribution in [2.75, 3.05) is 57.4 Å². The van der Waals surface area contributed by atoms with Gasteiger partial charge in [0.2, 0.25) is 11.3 Å². The Morgan fingerprint density at radius 2 is 2.02 bits per heavy atom. The molecule has 1 saturated heterocycles. The van der Waals surface area contributed by atoms with Crippen LogP contribution in [-0.2, 0) is 28.9 Å². The maximum Gasteiger partial charge on any atom is 0.276 e. The van der Waals surface area contributed by atoms with E-state index in [-0.39, 0.29) is 41.8 Å². The summed E-state index contributed by atoms with van der Waals surface area (Å²) in [5.41, 5.74) is 3.49. The van der Waals surface area contributed by atoms with Crippen molar-refractivity contribution >= 4 is 44.8 Å². The second-order valence-corrected chi connectivity index (χ2v) is 12.3. The Balaban J connectivity index is 1.30. The minimum atomic E-state index is -0.372. The Bertz CT molecular complexity index is 1850. The Labute approximate surface area is 269 Å². The van der Waals surface area contributed by atoms with Crippen LogP contribution in [-0.4, -0.2) is 88.9 Å². The average Bonchev–Trinajstić information content (AvgIpc) is 3.75. The van der Waals surface area contributed by atoms with Crippen LogP contribution in [0.25, 0.3) is 15.9 Å². The van der Waals surface area contributed by atoms with E-state index >= 15 is 0 Å². The van der Waals surface area contributed by atoms with Gasteiger partial charge >= 0.3 is 0 Å². The highest BCUT2D eigenvalue weighted by atomic mass is 32.1. The van der Waals surface area contributed by atoms with Crippen molar-refractivity contribution in [3.63, 3.8) is 0 Å². The fraction of sp³-hybridized carbons (Fsp3) is 0.438. The molecule has 3 aliphatic heterocycles. The van der Waals surface area contributed by atoms with E-state index in [9.17, 15) is 19.5 Å². The number of nitrogens with one attached hydrogen (secondary N) is 1. The molecule has 0 aromatic carbocycles. The van der Waals surface area contributed by atoms with E-state index in [2.05, 4.69) is 16.9 Å². The first-order valence-electron chi connectivity index (χ1n) is 15.4. The van der Waals surface area contributed by atoms with Crippen molar-refractivity contribution in [2.24, 2.45) is 0 Å². The first-order valence-corrected chi connectivity index (χ1v) is 16.2. The zero-order chi connectivity index (χ0) is 32.4. The number of nitriles is 1. The third-order valence-electron chi connectivity index (χ3n) is 8.48. The number of ether oxygens (including phenoxy) is 2. The Kier molecular flexibility index (Phi) is 9.05. The summed E-state index contributed by atoms with van der Waals surface area (Å²) >= 11 is 1.32. The van der Waals surface area contributed by atoms with Crippen LogP contribution in [0.3, 0.4) is 0 Å². The molecule has 0 unspecified atom stereocenters. The average molecular weight is 646 g/mol. The minimum absolute atomic E-state index is 0.000290. The van der Waals surface area contributed by atoms with E-state index < -0.39 is 0 Å². The number of pyridine rings is 2. The molecule has 0 bridgehead atoms. The summed E-state index contributed by atoms with van der Waals surface area (Å²) in [6.07, 6.45) is 5.47. The number of piperazine rings is 1. The first kappa shape index (κ1) is 31.3. The molecule has 2 N–H and O–H groups in total. The summed E-state index contributed by atoms with van der Waals surface area (Å²) in [5.74, 6) is -0.278. The monoisotopic (exact) mass is 645 g/mol. The molecule has 13 nitrogen and oxygen atoms in total. The van der Waals surface area contributed by atoms with E-state index in [1.165, 1.54) is 17.5 Å². The van der Waals surface area contributed by atoms with Gasteiger partial charge in [-0.1, -0.05) is 19.6 Å². The summed E-state index contributed by atoms with van der Waals surface area (Å²) in [6, 6.07) is 1.99. The number of aromatic nitrogens is 3. The lowest BCUT2D eigenvalue weighted by atomic mass is 10.1. The van der Waals surface area contributed by atoms with E-state index in [1.807, 2.05) is 28.5 Å². The molecule has 3 aliphatic rings. The van der Waals surface area contributed by atoms with Crippen LogP contribution < -0.4 is 20.4 Å². The number of hydrogen-bond donors (Lipinski definition) is 2. The summed E-state index contributed by atoms with van der Waals surface area (Å²) in [6.45, 7) is 8.71. The highest BCUT2D eigenvalue weighted by Crippen LogP contribution is 2.35. The molecule has 240 valence electrons. The quantitative estimate of drug-likeness (QED) is 0.331. The number of fused-ring (bicyclic) bond motifs is 2. The first-order chi connectivity index (χ1) is 22.3. The van der Waals surface area contributed by atoms with Gasteiger partial charge in [0.15, 0.2) is 17.1 Å². The standard InChI is InChI=1S/C32H35N7O6S/c1-3-22-26(37-9-11-38(12-10-37)32(43)25-27(41)21-7-15-45-23(21)17-35-25)28(42)29-30(36-31(46-29)20-5-13-44-14-6-20)39(22)18-24(40)34-8-4-19(2)16-33/h5,17,41H,2-4,6-15,18H2,1H3,(H,34,40). The van der Waals surface area contributed by atoms with E-state index in [1.54, 1.807) is 4.90 Å². The number of carbonyl (C=O) groups excluding carboxylic acids is 2. The number of hydrogen-bond acceptors (Lipinski definition) is 11. The fourth-order valence-electron chi connectivity index (χ4n) is 6.05. The second kappa shape index (κ2) is 13.3. The lowest BCUT2D eigenvalue weighted by molar-refractivity contribution is -0.121. The van der Waals surface area contributed by atoms with Gasteiger partial charge < -0.3 is 34.3 Å². The SMILES string of the molecule is C=C(C#N)CCNC(=O)Cn1c(CC)c(N2CCN(C(=O)c3ncc4c(c3O)CCO4)CC2)c(=O)c2sc(C3=CCOCC3)nc21. The van der Waals surface area contributed by atoms with Crippen molar-refractivity contribution in [1.82, 2.24) is 24.8 Å². The Morgan fingerprint density at radius 1 is 1.22 bits per heavy atom. The molecule has 14 heteroatoms. The molecule has 0 spiro atoms. The molecule has 1 fully saturated rings. The van der Waals surface area contributed by atoms with E-state index in [0.29, 0.717) is 110 Å². The predicted octanol–water partition coefficient (Wildman–Crippen LogP) is 2.41. The van der Waals surface area contributed by atoms with Gasteiger partial charge in [-0.05, 0) is 24.8 Å². The van der Waals surface area contributed by atoms with Gasteiger partial charge in [-0.3, -0.25) is 14.4 Å². The summed E-state index contributed by atoms with van der Waals surface area (Å²) in [7, 11) is 0. The van der Waals surface area contributed by atoms with E-state index in [4.69, 9.17) is 19.7 Å². The van der Waals surface area contributed by atoms with Gasteiger partial charge in [-0.15, -0.1) is 11.3 Å². The highest BCUT2D eigenvalue weighted by Gasteiger charge is 2.31. The van der Waals surface area contributed by atoms with Crippen LogP contribution in [0.2, 0.25) is 0 Å². The summed E-state index contributed by atoms with van der Waals surface area (Å²) in [4.78, 5) is 53.4. The highest BCUT2D eigenvalue weighted by molar-refractivity contribution is 7.19. The molecule has 0 aliphatic carbocycles. The van der Waals surface area contributed by atoms with Gasteiger partial charge in [0.1, 0.15) is 27.7 Å². The van der Waals surface area contributed by atoms with Crippen LogP contribution >= 0.6 is 11.3 Å². The third kappa shape index (κ3) is 5.95. The maximum atomic E-state index is 14.2. The number of rotatable bonds is 9. The lowest BCUT2D eigenvalue weighted by Crippen LogP contribution is -2.50. The normalized spacial score (nSPS) is 16.0. The molecule has 6 heterocycles. The van der Waals surface area contributed by atoms with Crippen LogP contribution in [0.4, 0.5) is 5.69 Å². The van der Waals surface area contributed by atoms with Gasteiger partial charge in [0.05, 0.1) is 32.1 Å². The Morgan fingerprint density at radius 3 is 2.74 bits per heavy atom. The Hall–Kier alpha value is -4.74. The zero-order valence-corrected chi connectivity index (χ0v) is 26.5. The van der Waals surface area contributed by atoms with Crippen molar-refractivity contribution < 1.29 is 24.2 Å². The third-order valence-corrected chi connectivity index (χ3v) is 9.60. The fourth-order valence-corrected chi connectivity index (χ4v) is 7.13. The van der Waals surface area contributed by atoms with Crippen molar-refractivity contribution in [3.05, 3.63) is 56.6 Å². The minimum Gasteiger partial charge on any atom is -0.505 e. The number of thiazole rings is 1. The van der Waals surface area contributed by atoms with Crippen molar-refractivity contribution in [2.45, 2.75) is 39.2 Å². The second-order valence-electron chi connectivity index (χ2n) is 11.3. The molecule has 0 radical (unpaired) electrons. The number of anilines is 1. The largest absolute Gasteiger partial charge is 0.505 e. The van der Waals surface area contributed by atoms with Crippen LogP contribution in [0.15, 0.2) is 29.2 Å². The topological polar surface area (TPSA) is 163 Å². The zero-order valence-electron chi connectivity index (χ0n) is 25.6. The number of nitrogens with zero attached hydrogens (tertiary/aromatic N) is 6. The van der Waals surface area contributed by atoms with Gasteiger partial charge in [-0.2, -0.15) is 5.26 Å². The molecule has 3 aromatic heterocycles. The van der Waals surface area contributed by atoms with Crippen molar-refractivity contribution in [3.8, 4) is 17.6 Å². The van der Waals surface area contributed by atoms with Crippen LogP contribution in [0.1, 0.15) is 46.5 Å². The molecule has 0 atom stereocenters. The molecule has 46 heavy (non-hydrogen) atoms. The van der Waals surface area contributed by atoms with Crippen molar-refractivity contribution in [1.29, 1.82) is 5.26 Å². The molecule has 6 rings (SSSR count). The summed E-state index contributed by atoms with van der Waals surface area (Å²) in [5, 5.41) is 23.3. The van der Waals surface area contributed by atoms with Crippen LogP contribution in [0.5, 0.6) is 11.5 Å². The lowest BCUT2D eigenvalue weighted by Gasteiger charge is -2.37. The number of amides is 2. The smallest absolute Gasteiger partial charge is 0.276 e. The van der Waals surface area contributed by atoms with Gasteiger partial charge in [0.25, 0.3) is 5.91 Å². The maximum absolute atomic E-state index is 14.2. The van der Waals surface area contributed by atoms with E-state index in [0.717, 1.165) is 10.6 Å². The van der Waals surface area contributed by atoms with Gasteiger partial charge in [0, 0.05) is 56.0 Å².